The first-order valence-electron chi connectivity index (χ1n) is 7.79. The minimum absolute atomic E-state index is 0.199. The van der Waals surface area contributed by atoms with E-state index in [9.17, 15) is 5.11 Å². The van der Waals surface area contributed by atoms with Gasteiger partial charge in [-0.1, -0.05) is 26.2 Å². The van der Waals surface area contributed by atoms with E-state index in [4.69, 9.17) is 0 Å². The molecule has 3 nitrogen and oxygen atoms in total. The van der Waals surface area contributed by atoms with Crippen LogP contribution in [-0.4, -0.2) is 48.8 Å². The van der Waals surface area contributed by atoms with Crippen molar-refractivity contribution in [2.75, 3.05) is 32.7 Å². The third kappa shape index (κ3) is 4.52. The lowest BCUT2D eigenvalue weighted by Gasteiger charge is -2.34. The topological polar surface area (TPSA) is 35.5 Å². The molecule has 2 rings (SSSR count). The van der Waals surface area contributed by atoms with E-state index in [1.165, 1.54) is 58.0 Å². The largest absolute Gasteiger partial charge is 0.390 e. The summed E-state index contributed by atoms with van der Waals surface area (Å²) in [7, 11) is 0. The molecule has 0 radical (unpaired) electrons. The molecule has 18 heavy (non-hydrogen) atoms. The first kappa shape index (κ1) is 14.3. The Labute approximate surface area is 112 Å². The van der Waals surface area contributed by atoms with Crippen LogP contribution >= 0.6 is 0 Å². The third-order valence-corrected chi connectivity index (χ3v) is 4.66. The van der Waals surface area contributed by atoms with Crippen LogP contribution in [0.25, 0.3) is 0 Å². The van der Waals surface area contributed by atoms with Crippen molar-refractivity contribution in [2.24, 2.45) is 5.41 Å². The molecular formula is C15H30N2O. The third-order valence-electron chi connectivity index (χ3n) is 4.66. The Morgan fingerprint density at radius 2 is 1.78 bits per heavy atom. The van der Waals surface area contributed by atoms with Crippen molar-refractivity contribution < 1.29 is 5.11 Å². The first-order chi connectivity index (χ1) is 8.68. The van der Waals surface area contributed by atoms with Crippen LogP contribution in [0.2, 0.25) is 0 Å². The summed E-state index contributed by atoms with van der Waals surface area (Å²) in [5.41, 5.74) is 0.478. The molecule has 1 unspecified atom stereocenters. The van der Waals surface area contributed by atoms with Crippen molar-refractivity contribution in [3.05, 3.63) is 0 Å². The molecule has 2 aliphatic rings. The maximum absolute atomic E-state index is 10.0. The van der Waals surface area contributed by atoms with E-state index < -0.39 is 0 Å². The van der Waals surface area contributed by atoms with Gasteiger partial charge in [-0.15, -0.1) is 0 Å². The molecular weight excluding hydrogens is 224 g/mol. The second kappa shape index (κ2) is 6.88. The zero-order chi connectivity index (χ0) is 12.8. The van der Waals surface area contributed by atoms with E-state index in [2.05, 4.69) is 17.1 Å². The number of hydrogen-bond donors (Lipinski definition) is 2. The number of aliphatic hydroxyl groups is 1. The highest BCUT2D eigenvalue weighted by molar-refractivity contribution is 4.81. The van der Waals surface area contributed by atoms with Gasteiger partial charge in [0.05, 0.1) is 6.10 Å². The summed E-state index contributed by atoms with van der Waals surface area (Å²) < 4.78 is 0. The maximum atomic E-state index is 10.0. The van der Waals surface area contributed by atoms with Crippen LogP contribution in [0.3, 0.4) is 0 Å². The summed E-state index contributed by atoms with van der Waals surface area (Å²) in [6.45, 7) is 7.43. The molecule has 1 atom stereocenters. The zero-order valence-corrected chi connectivity index (χ0v) is 12.0. The van der Waals surface area contributed by atoms with Gasteiger partial charge in [-0.2, -0.15) is 0 Å². The highest BCUT2D eigenvalue weighted by atomic mass is 16.3. The Morgan fingerprint density at radius 3 is 2.44 bits per heavy atom. The second-order valence-corrected chi connectivity index (χ2v) is 6.66. The van der Waals surface area contributed by atoms with E-state index in [0.29, 0.717) is 5.41 Å². The number of nitrogens with zero attached hydrogens (tertiary/aromatic N) is 1. The fourth-order valence-electron chi connectivity index (χ4n) is 3.45. The van der Waals surface area contributed by atoms with Gasteiger partial charge in [-0.05, 0) is 44.2 Å². The number of hydrogen-bond acceptors (Lipinski definition) is 3. The molecule has 1 saturated carbocycles. The average molecular weight is 254 g/mol. The molecule has 1 aliphatic heterocycles. The number of aliphatic hydroxyl groups excluding tert-OH is 1. The van der Waals surface area contributed by atoms with Crippen LogP contribution in [0.4, 0.5) is 0 Å². The minimum Gasteiger partial charge on any atom is -0.390 e. The Bertz CT molecular complexity index is 233. The van der Waals surface area contributed by atoms with Gasteiger partial charge in [0.2, 0.25) is 0 Å². The molecule has 3 heteroatoms. The van der Waals surface area contributed by atoms with E-state index in [1.807, 2.05) is 0 Å². The van der Waals surface area contributed by atoms with Crippen molar-refractivity contribution >= 4 is 0 Å². The van der Waals surface area contributed by atoms with Crippen molar-refractivity contribution in [2.45, 2.75) is 58.0 Å². The van der Waals surface area contributed by atoms with Gasteiger partial charge in [0.15, 0.2) is 0 Å². The fourth-order valence-corrected chi connectivity index (χ4v) is 3.45. The highest BCUT2D eigenvalue weighted by Crippen LogP contribution is 2.34. The summed E-state index contributed by atoms with van der Waals surface area (Å²) in [6, 6.07) is 0. The van der Waals surface area contributed by atoms with Gasteiger partial charge in [0.25, 0.3) is 0 Å². The quantitative estimate of drug-likeness (QED) is 0.761. The molecule has 1 aliphatic carbocycles. The standard InChI is InChI=1S/C15H30N2O/c1-15(7-3-2-4-8-15)13-16-11-14(18)12-17-9-5-6-10-17/h14,16,18H,2-13H2,1H3. The van der Waals surface area contributed by atoms with Crippen LogP contribution in [-0.2, 0) is 0 Å². The van der Waals surface area contributed by atoms with Gasteiger partial charge in [0, 0.05) is 19.6 Å². The van der Waals surface area contributed by atoms with Crippen LogP contribution in [0, 0.1) is 5.41 Å². The monoisotopic (exact) mass is 254 g/mol. The number of nitrogens with one attached hydrogen (secondary N) is 1. The van der Waals surface area contributed by atoms with Crippen molar-refractivity contribution in [1.29, 1.82) is 0 Å². The summed E-state index contributed by atoms with van der Waals surface area (Å²) in [5, 5.41) is 13.5. The fraction of sp³-hybridized carbons (Fsp3) is 1.00. The average Bonchev–Trinajstić information content (AvgIpc) is 2.82. The molecule has 0 aromatic carbocycles. The van der Waals surface area contributed by atoms with Crippen LogP contribution in [0.5, 0.6) is 0 Å². The molecule has 0 amide bonds. The molecule has 1 heterocycles. The predicted octanol–water partition coefficient (Wildman–Crippen LogP) is 2.00. The normalized spacial score (nSPS) is 26.3. The molecule has 2 N–H and O–H groups in total. The molecule has 0 aromatic rings. The van der Waals surface area contributed by atoms with Gasteiger partial charge >= 0.3 is 0 Å². The summed E-state index contributed by atoms with van der Waals surface area (Å²) in [5.74, 6) is 0. The van der Waals surface area contributed by atoms with E-state index in [0.717, 1.165) is 19.6 Å². The van der Waals surface area contributed by atoms with Crippen molar-refractivity contribution in [3.8, 4) is 0 Å². The van der Waals surface area contributed by atoms with Gasteiger partial charge in [-0.3, -0.25) is 0 Å². The van der Waals surface area contributed by atoms with Gasteiger partial charge in [0.1, 0.15) is 0 Å². The smallest absolute Gasteiger partial charge is 0.0791 e. The lowest BCUT2D eigenvalue weighted by atomic mass is 9.76. The van der Waals surface area contributed by atoms with Gasteiger partial charge < -0.3 is 15.3 Å². The predicted molar refractivity (Wildman–Crippen MR) is 75.7 cm³/mol. The lowest BCUT2D eigenvalue weighted by molar-refractivity contribution is 0.116. The van der Waals surface area contributed by atoms with Crippen molar-refractivity contribution in [1.82, 2.24) is 10.2 Å². The van der Waals surface area contributed by atoms with Crippen LogP contribution in [0.15, 0.2) is 0 Å². The molecule has 106 valence electrons. The summed E-state index contributed by atoms with van der Waals surface area (Å²) in [4.78, 5) is 2.38. The summed E-state index contributed by atoms with van der Waals surface area (Å²) >= 11 is 0. The molecule has 2 fully saturated rings. The number of rotatable bonds is 6. The molecule has 0 spiro atoms. The Morgan fingerprint density at radius 1 is 1.11 bits per heavy atom. The lowest BCUT2D eigenvalue weighted by Crippen LogP contribution is -2.41. The van der Waals surface area contributed by atoms with Crippen molar-refractivity contribution in [3.63, 3.8) is 0 Å². The van der Waals surface area contributed by atoms with E-state index >= 15 is 0 Å². The van der Waals surface area contributed by atoms with Crippen LogP contribution < -0.4 is 5.32 Å². The molecule has 1 saturated heterocycles. The maximum Gasteiger partial charge on any atom is 0.0791 e. The first-order valence-corrected chi connectivity index (χ1v) is 7.79. The minimum atomic E-state index is -0.199. The Hall–Kier alpha value is -0.120. The summed E-state index contributed by atoms with van der Waals surface area (Å²) in [6.07, 6.45) is 9.28. The number of β-amino-alcohol motifs (C(OH)–C–C–N with tert-alkyl or cyclic N) is 1. The molecule has 0 aromatic heterocycles. The second-order valence-electron chi connectivity index (χ2n) is 6.66. The van der Waals surface area contributed by atoms with E-state index in [-0.39, 0.29) is 6.10 Å². The molecule has 0 bridgehead atoms. The van der Waals surface area contributed by atoms with Crippen LogP contribution in [0.1, 0.15) is 51.9 Å². The number of likely N-dealkylation sites (tertiary alicyclic amines) is 1. The SMILES string of the molecule is CC1(CNCC(O)CN2CCCC2)CCCCC1. The Balaban J connectivity index is 1.58. The highest BCUT2D eigenvalue weighted by Gasteiger charge is 2.26. The van der Waals surface area contributed by atoms with Gasteiger partial charge in [-0.25, -0.2) is 0 Å². The Kier molecular flexibility index (Phi) is 5.46. The zero-order valence-electron chi connectivity index (χ0n) is 12.0. The van der Waals surface area contributed by atoms with E-state index in [1.54, 1.807) is 0 Å².